The molecular weight excluding hydrogens is 913 g/mol. The highest BCUT2D eigenvalue weighted by molar-refractivity contribution is 7.86. The Morgan fingerprint density at radius 2 is 1.02 bits per heavy atom. The molecule has 0 bridgehead atoms. The van der Waals surface area contributed by atoms with Crippen LogP contribution in [0.2, 0.25) is 0 Å². The van der Waals surface area contributed by atoms with E-state index >= 15 is 0 Å². The minimum atomic E-state index is -4.95. The smallest absolute Gasteiger partial charge is 0.357 e. The van der Waals surface area contributed by atoms with Gasteiger partial charge in [0.2, 0.25) is 35.7 Å². The van der Waals surface area contributed by atoms with E-state index in [1.807, 2.05) is 0 Å². The molecule has 28 nitrogen and oxygen atoms in total. The molecule has 14 N–H and O–H groups in total. The van der Waals surface area contributed by atoms with Gasteiger partial charge in [-0.15, -0.1) is 0 Å². The molecule has 62 heavy (non-hydrogen) atoms. The topological polar surface area (TPSA) is 440 Å². The van der Waals surface area contributed by atoms with Crippen LogP contribution >= 0.6 is 0 Å². The van der Waals surface area contributed by atoms with Crippen molar-refractivity contribution in [2.45, 2.75) is 17.1 Å². The summed E-state index contributed by atoms with van der Waals surface area (Å²) in [6, 6.07) is 7.66. The van der Waals surface area contributed by atoms with Gasteiger partial charge in [-0.1, -0.05) is 18.2 Å². The molecule has 0 spiro atoms. The standard InChI is InChI=1S/C30H40N12O16S4/c43-15-21(45)13-33-27-37-25(31-7-9-60(49,50)51)39-29(41-27)35-19-5-3-17(23(11-19)58-59(47)48)1-2-18-4-6-20(12-24(18)62(55,56)57)36-30-40-26(32-8-10-61(52,53)54)38-28(42-30)34-14-22(46)16-44/h1-6,11-12,21-22,43-46H,7-10,13-16H2,(H,47,48)(H,49,50,51)(H,52,53,54)(H,55,56,57)(H3,31,33,35,37,39,41)(H3,32,34,36,38,40,42). The fourth-order valence-corrected chi connectivity index (χ4v) is 6.35. The molecule has 4 aromatic rings. The van der Waals surface area contributed by atoms with Crippen molar-refractivity contribution in [1.29, 1.82) is 0 Å². The van der Waals surface area contributed by atoms with Gasteiger partial charge >= 0.3 is 11.4 Å². The highest BCUT2D eigenvalue weighted by Gasteiger charge is 2.18. The van der Waals surface area contributed by atoms with E-state index in [0.717, 1.165) is 6.07 Å². The maximum atomic E-state index is 12.6. The van der Waals surface area contributed by atoms with Crippen molar-refractivity contribution in [2.24, 2.45) is 0 Å². The third kappa shape index (κ3) is 17.1. The van der Waals surface area contributed by atoms with Crippen molar-refractivity contribution in [2.75, 3.05) is 82.8 Å². The number of aliphatic hydroxyl groups is 4. The summed E-state index contributed by atoms with van der Waals surface area (Å²) in [4.78, 5) is 23.8. The van der Waals surface area contributed by atoms with E-state index in [-0.39, 0.29) is 90.1 Å². The van der Waals surface area contributed by atoms with Crippen molar-refractivity contribution in [1.82, 2.24) is 29.9 Å². The molecule has 0 amide bonds. The molecule has 3 unspecified atom stereocenters. The number of aliphatic hydroxyl groups excluding tert-OH is 4. The molecular formula is C30H40N12O16S4. The summed E-state index contributed by atoms with van der Waals surface area (Å²) in [6.45, 7) is -2.28. The minimum Gasteiger partial charge on any atom is -0.394 e. The Labute approximate surface area is 355 Å². The Balaban J connectivity index is 1.63. The van der Waals surface area contributed by atoms with E-state index in [1.165, 1.54) is 42.5 Å². The molecule has 0 saturated heterocycles. The molecule has 0 aliphatic rings. The Bertz CT molecular complexity index is 2580. The van der Waals surface area contributed by atoms with Crippen LogP contribution in [0, 0.1) is 0 Å². The lowest BCUT2D eigenvalue weighted by atomic mass is 10.1. The average Bonchev–Trinajstić information content (AvgIpc) is 3.17. The largest absolute Gasteiger partial charge is 0.394 e. The lowest BCUT2D eigenvalue weighted by Gasteiger charge is -2.14. The van der Waals surface area contributed by atoms with E-state index in [4.69, 9.17) is 23.5 Å². The van der Waals surface area contributed by atoms with E-state index < -0.39 is 83.5 Å². The molecule has 340 valence electrons. The zero-order chi connectivity index (χ0) is 45.7. The van der Waals surface area contributed by atoms with Gasteiger partial charge in [-0.25, -0.2) is 0 Å². The van der Waals surface area contributed by atoms with Gasteiger partial charge in [0.25, 0.3) is 30.4 Å². The number of hydrogen-bond acceptors (Lipinski definition) is 24. The van der Waals surface area contributed by atoms with Crippen molar-refractivity contribution in [3.05, 3.63) is 47.5 Å². The zero-order valence-corrected chi connectivity index (χ0v) is 34.9. The second-order valence-electron chi connectivity index (χ2n) is 12.3. The quantitative estimate of drug-likeness (QED) is 0.0206. The van der Waals surface area contributed by atoms with Crippen molar-refractivity contribution in [3.63, 3.8) is 0 Å². The predicted octanol–water partition coefficient (Wildman–Crippen LogP) is -1.39. The van der Waals surface area contributed by atoms with Crippen LogP contribution in [-0.2, 0) is 41.7 Å². The molecule has 2 heterocycles. The summed E-state index contributed by atoms with van der Waals surface area (Å²) >= 11 is -2.88. The normalized spacial score (nSPS) is 13.5. The van der Waals surface area contributed by atoms with Crippen molar-refractivity contribution >= 4 is 101 Å². The minimum absolute atomic E-state index is 0.000573. The fraction of sp³-hybridized carbons (Fsp3) is 0.333. The summed E-state index contributed by atoms with van der Waals surface area (Å²) in [6.07, 6.45) is 0.0965. The van der Waals surface area contributed by atoms with E-state index in [9.17, 15) is 48.8 Å². The molecule has 4 rings (SSSR count). The molecule has 3 atom stereocenters. The lowest BCUT2D eigenvalue weighted by molar-refractivity contribution is 0.105. The lowest BCUT2D eigenvalue weighted by Crippen LogP contribution is -2.24. The molecule has 0 aliphatic heterocycles. The van der Waals surface area contributed by atoms with Gasteiger partial charge in [-0.3, -0.25) is 18.2 Å². The summed E-state index contributed by atoms with van der Waals surface area (Å²) in [5, 5.41) is 53.7. The Kier molecular flexibility index (Phi) is 17.5. The van der Waals surface area contributed by atoms with Gasteiger partial charge in [0, 0.05) is 49.2 Å². The second kappa shape index (κ2) is 22.0. The van der Waals surface area contributed by atoms with Crippen LogP contribution in [0.25, 0.3) is 12.2 Å². The molecule has 2 aromatic heterocycles. The first-order chi connectivity index (χ1) is 29.1. The number of aromatic nitrogens is 6. The number of nitrogens with one attached hydrogen (secondary N) is 6. The van der Waals surface area contributed by atoms with E-state index in [2.05, 4.69) is 61.8 Å². The van der Waals surface area contributed by atoms with E-state index in [1.54, 1.807) is 0 Å². The number of hydrogen-bond donors (Lipinski definition) is 14. The van der Waals surface area contributed by atoms with E-state index in [0.29, 0.717) is 0 Å². The first kappa shape index (κ1) is 49.1. The van der Waals surface area contributed by atoms with Crippen LogP contribution in [-0.4, -0.2) is 161 Å². The first-order valence-electron chi connectivity index (χ1n) is 17.3. The summed E-state index contributed by atoms with van der Waals surface area (Å²) in [7, 11) is -13.6. The highest BCUT2D eigenvalue weighted by atomic mass is 32.2. The molecule has 0 saturated carbocycles. The van der Waals surface area contributed by atoms with Crippen molar-refractivity contribution < 1.29 is 72.3 Å². The Morgan fingerprint density at radius 3 is 1.44 bits per heavy atom. The van der Waals surface area contributed by atoms with Crippen LogP contribution < -0.4 is 36.1 Å². The predicted molar refractivity (Wildman–Crippen MR) is 222 cm³/mol. The summed E-state index contributed by atoms with van der Waals surface area (Å²) < 4.78 is 124. The fourth-order valence-electron chi connectivity index (χ4n) is 4.62. The van der Waals surface area contributed by atoms with Gasteiger partial charge in [0.1, 0.15) is 4.90 Å². The van der Waals surface area contributed by atoms with Gasteiger partial charge < -0.3 is 56.5 Å². The summed E-state index contributed by atoms with van der Waals surface area (Å²) in [5.41, 5.74) is 0.159. The van der Waals surface area contributed by atoms with Crippen LogP contribution in [0.3, 0.4) is 0 Å². The van der Waals surface area contributed by atoms with Gasteiger partial charge in [0.05, 0.1) is 36.9 Å². The van der Waals surface area contributed by atoms with Crippen LogP contribution in [0.5, 0.6) is 5.75 Å². The third-order valence-corrected chi connectivity index (χ3v) is 10.1. The maximum Gasteiger partial charge on any atom is 0.357 e. The van der Waals surface area contributed by atoms with Gasteiger partial charge in [-0.2, -0.15) is 59.4 Å². The molecule has 0 radical (unpaired) electrons. The van der Waals surface area contributed by atoms with Gasteiger partial charge in [0.15, 0.2) is 5.75 Å². The highest BCUT2D eigenvalue weighted by Crippen LogP contribution is 2.30. The van der Waals surface area contributed by atoms with Crippen LogP contribution in [0.4, 0.5) is 47.1 Å². The maximum absolute atomic E-state index is 12.6. The molecule has 0 fully saturated rings. The second-order valence-corrected chi connectivity index (χ2v) is 17.5. The summed E-state index contributed by atoms with van der Waals surface area (Å²) in [5.74, 6) is -2.81. The average molecular weight is 953 g/mol. The Morgan fingerprint density at radius 1 is 0.613 bits per heavy atom. The first-order valence-corrected chi connectivity index (χ1v) is 23.0. The third-order valence-electron chi connectivity index (χ3n) is 7.39. The van der Waals surface area contributed by atoms with Crippen LogP contribution in [0.15, 0.2) is 41.3 Å². The zero-order valence-electron chi connectivity index (χ0n) is 31.6. The number of benzene rings is 2. The number of rotatable bonds is 25. The number of nitrogens with zero attached hydrogens (tertiary/aromatic N) is 6. The number of anilines is 8. The van der Waals surface area contributed by atoms with Crippen LogP contribution in [0.1, 0.15) is 11.1 Å². The monoisotopic (exact) mass is 952 g/mol. The molecule has 0 aliphatic carbocycles. The van der Waals surface area contributed by atoms with Crippen molar-refractivity contribution in [3.8, 4) is 5.75 Å². The Hall–Kier alpha value is -5.52. The SMILES string of the molecule is O=S(O)Oc1cc(Nc2nc(NCCS(=O)(=O)O)nc(NCC(O)CO)n2)ccc1C=Cc1ccc(Nc2nc(NCCS(=O)(=O)O)nc(NCC(O)CO)n2)cc1S(=O)(=O)O. The van der Waals surface area contributed by atoms with Gasteiger partial charge in [-0.05, 0) is 29.8 Å². The molecule has 32 heteroatoms. The molecule has 2 aromatic carbocycles.